The largest absolute Gasteiger partial charge is 0.496 e. The fraction of sp³-hybridized carbons (Fsp3) is 0.154. The minimum Gasteiger partial charge on any atom is -0.496 e. The Kier molecular flexibility index (Phi) is 3.40. The molecule has 0 unspecified atom stereocenters. The number of para-hydroxylation sites is 1. The summed E-state index contributed by atoms with van der Waals surface area (Å²) in [6.07, 6.45) is 0. The van der Waals surface area contributed by atoms with E-state index in [1.807, 2.05) is 30.3 Å². The minimum absolute atomic E-state index is 0.301. The number of hydrogen-bond donors (Lipinski definition) is 1. The van der Waals surface area contributed by atoms with Crippen LogP contribution in [0.4, 0.5) is 0 Å². The van der Waals surface area contributed by atoms with Crippen LogP contribution in [0.25, 0.3) is 11.4 Å². The highest BCUT2D eigenvalue weighted by molar-refractivity contribution is 7.71. The number of ether oxygens (including phenoxy) is 1. The summed E-state index contributed by atoms with van der Waals surface area (Å²) in [6.45, 7) is 1.80. The zero-order valence-electron chi connectivity index (χ0n) is 10.0. The van der Waals surface area contributed by atoms with E-state index in [2.05, 4.69) is 9.97 Å². The van der Waals surface area contributed by atoms with Crippen LogP contribution >= 0.6 is 12.2 Å². The van der Waals surface area contributed by atoms with Gasteiger partial charge in [-0.3, -0.25) is 0 Å². The number of aromatic amines is 1. The molecular formula is C13H11N3OS. The van der Waals surface area contributed by atoms with Gasteiger partial charge in [0.2, 0.25) is 0 Å². The van der Waals surface area contributed by atoms with E-state index < -0.39 is 0 Å². The Morgan fingerprint density at radius 2 is 2.11 bits per heavy atom. The third-order valence-corrected chi connectivity index (χ3v) is 2.88. The monoisotopic (exact) mass is 257 g/mol. The summed E-state index contributed by atoms with van der Waals surface area (Å²) >= 11 is 5.11. The lowest BCUT2D eigenvalue weighted by Gasteiger charge is -2.08. The van der Waals surface area contributed by atoms with Crippen molar-refractivity contribution in [1.29, 1.82) is 5.26 Å². The van der Waals surface area contributed by atoms with Crippen molar-refractivity contribution in [3.8, 4) is 23.2 Å². The van der Waals surface area contributed by atoms with E-state index in [9.17, 15) is 0 Å². The molecule has 5 heteroatoms. The lowest BCUT2D eigenvalue weighted by atomic mass is 10.1. The molecule has 0 aliphatic heterocycles. The molecule has 1 aromatic heterocycles. The summed E-state index contributed by atoms with van der Waals surface area (Å²) in [7, 11) is 1.60. The Morgan fingerprint density at radius 1 is 1.39 bits per heavy atom. The number of H-pyrrole nitrogens is 1. The SMILES string of the molecule is COc1ccccc1-c1nc(=S)c(C#N)c(C)[nH]1. The van der Waals surface area contributed by atoms with E-state index in [-0.39, 0.29) is 0 Å². The Morgan fingerprint density at radius 3 is 2.72 bits per heavy atom. The summed E-state index contributed by atoms with van der Waals surface area (Å²) < 4.78 is 5.58. The van der Waals surface area contributed by atoms with Gasteiger partial charge in [-0.25, -0.2) is 4.98 Å². The lowest BCUT2D eigenvalue weighted by Crippen LogP contribution is -1.98. The maximum absolute atomic E-state index is 8.96. The summed E-state index contributed by atoms with van der Waals surface area (Å²) in [4.78, 5) is 7.32. The Balaban J connectivity index is 2.67. The number of nitrogens with zero attached hydrogens (tertiary/aromatic N) is 2. The smallest absolute Gasteiger partial charge is 0.148 e. The average Bonchev–Trinajstić information content (AvgIpc) is 2.38. The van der Waals surface area contributed by atoms with Crippen molar-refractivity contribution < 1.29 is 4.74 Å². The molecule has 1 N–H and O–H groups in total. The predicted octanol–water partition coefficient (Wildman–Crippen LogP) is 2.99. The first-order valence-electron chi connectivity index (χ1n) is 5.31. The zero-order valence-corrected chi connectivity index (χ0v) is 10.8. The number of nitrogens with one attached hydrogen (secondary N) is 1. The van der Waals surface area contributed by atoms with E-state index in [0.717, 1.165) is 5.56 Å². The third-order valence-electron chi connectivity index (χ3n) is 2.58. The van der Waals surface area contributed by atoms with Gasteiger partial charge in [-0.2, -0.15) is 5.26 Å². The van der Waals surface area contributed by atoms with Crippen molar-refractivity contribution in [2.45, 2.75) is 6.92 Å². The second kappa shape index (κ2) is 4.98. The molecule has 0 fully saturated rings. The first-order valence-corrected chi connectivity index (χ1v) is 5.72. The molecular weight excluding hydrogens is 246 g/mol. The molecule has 0 bridgehead atoms. The minimum atomic E-state index is 0.301. The van der Waals surface area contributed by atoms with Crippen molar-refractivity contribution in [3.63, 3.8) is 0 Å². The molecule has 0 saturated carbocycles. The molecule has 2 aromatic rings. The van der Waals surface area contributed by atoms with Gasteiger partial charge in [0, 0.05) is 5.69 Å². The highest BCUT2D eigenvalue weighted by Crippen LogP contribution is 2.27. The Hall–Kier alpha value is -2.19. The van der Waals surface area contributed by atoms with E-state index in [1.165, 1.54) is 0 Å². The fourth-order valence-corrected chi connectivity index (χ4v) is 1.98. The van der Waals surface area contributed by atoms with Gasteiger partial charge in [-0.05, 0) is 19.1 Å². The van der Waals surface area contributed by atoms with Crippen LogP contribution < -0.4 is 4.74 Å². The molecule has 18 heavy (non-hydrogen) atoms. The number of methoxy groups -OCH3 is 1. The second-order valence-electron chi connectivity index (χ2n) is 3.70. The standard InChI is InChI=1S/C13H11N3OS/c1-8-10(7-14)13(18)16-12(15-8)9-5-3-4-6-11(9)17-2/h3-6H,1-2H3,(H,15,16,18). The first-order chi connectivity index (χ1) is 8.67. The molecule has 90 valence electrons. The van der Waals surface area contributed by atoms with Crippen molar-refractivity contribution in [2.75, 3.05) is 7.11 Å². The van der Waals surface area contributed by atoms with Crippen LogP contribution in [0.3, 0.4) is 0 Å². The van der Waals surface area contributed by atoms with Gasteiger partial charge in [0.1, 0.15) is 27.8 Å². The van der Waals surface area contributed by atoms with Gasteiger partial charge in [0.25, 0.3) is 0 Å². The first kappa shape index (κ1) is 12.3. The van der Waals surface area contributed by atoms with Crippen molar-refractivity contribution in [1.82, 2.24) is 9.97 Å². The van der Waals surface area contributed by atoms with Crippen LogP contribution in [-0.2, 0) is 0 Å². The Labute approximate surface area is 110 Å². The molecule has 0 amide bonds. The molecule has 0 aliphatic rings. The van der Waals surface area contributed by atoms with Crippen LogP contribution in [0.1, 0.15) is 11.3 Å². The maximum Gasteiger partial charge on any atom is 0.148 e. The predicted molar refractivity (Wildman–Crippen MR) is 70.9 cm³/mol. The van der Waals surface area contributed by atoms with Crippen LogP contribution in [0.2, 0.25) is 0 Å². The van der Waals surface area contributed by atoms with Crippen molar-refractivity contribution in [3.05, 3.63) is 40.2 Å². The summed E-state index contributed by atoms with van der Waals surface area (Å²) in [6, 6.07) is 9.55. The molecule has 4 nitrogen and oxygen atoms in total. The van der Waals surface area contributed by atoms with Gasteiger partial charge in [0.15, 0.2) is 0 Å². The van der Waals surface area contributed by atoms with E-state index in [0.29, 0.717) is 27.5 Å². The summed E-state index contributed by atoms with van der Waals surface area (Å²) in [5.74, 6) is 1.31. The molecule has 0 radical (unpaired) electrons. The van der Waals surface area contributed by atoms with Crippen LogP contribution in [0, 0.1) is 22.9 Å². The van der Waals surface area contributed by atoms with Gasteiger partial charge in [-0.15, -0.1) is 0 Å². The van der Waals surface area contributed by atoms with Crippen LogP contribution in [-0.4, -0.2) is 17.1 Å². The third kappa shape index (κ3) is 2.11. The number of nitriles is 1. The molecule has 0 spiro atoms. The van der Waals surface area contributed by atoms with Crippen LogP contribution in [0.15, 0.2) is 24.3 Å². The highest BCUT2D eigenvalue weighted by Gasteiger charge is 2.10. The van der Waals surface area contributed by atoms with Gasteiger partial charge in [-0.1, -0.05) is 24.4 Å². The lowest BCUT2D eigenvalue weighted by molar-refractivity contribution is 0.416. The van der Waals surface area contributed by atoms with Gasteiger partial charge in [0.05, 0.1) is 12.7 Å². The summed E-state index contributed by atoms with van der Waals surface area (Å²) in [5, 5.41) is 8.96. The molecule has 1 heterocycles. The normalized spacial score (nSPS) is 9.83. The second-order valence-corrected chi connectivity index (χ2v) is 4.09. The number of rotatable bonds is 2. The summed E-state index contributed by atoms with van der Waals surface area (Å²) in [5.41, 5.74) is 1.93. The maximum atomic E-state index is 8.96. The van der Waals surface area contributed by atoms with E-state index in [4.69, 9.17) is 22.2 Å². The number of aromatic nitrogens is 2. The van der Waals surface area contributed by atoms with E-state index >= 15 is 0 Å². The quantitative estimate of drug-likeness (QED) is 0.840. The number of aryl methyl sites for hydroxylation is 1. The highest BCUT2D eigenvalue weighted by atomic mass is 32.1. The Bertz CT molecular complexity index is 685. The van der Waals surface area contributed by atoms with Gasteiger partial charge < -0.3 is 9.72 Å². The number of hydrogen-bond acceptors (Lipinski definition) is 4. The zero-order chi connectivity index (χ0) is 13.1. The molecule has 0 aliphatic carbocycles. The number of benzene rings is 1. The topological polar surface area (TPSA) is 61.7 Å². The van der Waals surface area contributed by atoms with Crippen molar-refractivity contribution >= 4 is 12.2 Å². The molecule has 0 atom stereocenters. The molecule has 0 saturated heterocycles. The molecule has 1 aromatic carbocycles. The fourth-order valence-electron chi connectivity index (χ4n) is 1.69. The van der Waals surface area contributed by atoms with Crippen LogP contribution in [0.5, 0.6) is 5.75 Å². The van der Waals surface area contributed by atoms with Crippen molar-refractivity contribution in [2.24, 2.45) is 0 Å². The van der Waals surface area contributed by atoms with Gasteiger partial charge >= 0.3 is 0 Å². The molecule has 2 rings (SSSR count). The van der Waals surface area contributed by atoms with E-state index in [1.54, 1.807) is 14.0 Å². The average molecular weight is 257 g/mol.